The van der Waals surface area contributed by atoms with Crippen molar-refractivity contribution in [3.8, 4) is 11.5 Å². The highest BCUT2D eigenvalue weighted by Crippen LogP contribution is 2.41. The quantitative estimate of drug-likeness (QED) is 0.251. The molecule has 2 aromatic heterocycles. The second kappa shape index (κ2) is 11.9. The van der Waals surface area contributed by atoms with Gasteiger partial charge < -0.3 is 13.8 Å². The van der Waals surface area contributed by atoms with Crippen LogP contribution in [0.15, 0.2) is 22.7 Å². The number of aromatic nitrogens is 4. The third-order valence-corrected chi connectivity index (χ3v) is 6.40. The van der Waals surface area contributed by atoms with Gasteiger partial charge in [-0.05, 0) is 55.4 Å². The first-order chi connectivity index (χ1) is 17.4. The van der Waals surface area contributed by atoms with Crippen LogP contribution >= 0.6 is 12.4 Å². The van der Waals surface area contributed by atoms with Gasteiger partial charge >= 0.3 is 6.18 Å². The number of hydrogen-bond acceptors (Lipinski definition) is 6. The molecule has 1 atom stereocenters. The van der Waals surface area contributed by atoms with Crippen molar-refractivity contribution >= 4 is 18.2 Å². The van der Waals surface area contributed by atoms with Crippen LogP contribution in [0.25, 0.3) is 11.5 Å². The van der Waals surface area contributed by atoms with Gasteiger partial charge in [-0.25, -0.2) is 4.39 Å². The number of carbonyl (C=O) groups is 1. The maximum atomic E-state index is 13.8. The maximum Gasteiger partial charge on any atom is 0.411 e. The van der Waals surface area contributed by atoms with E-state index < -0.39 is 18.9 Å². The molecule has 0 amide bonds. The predicted octanol–water partition coefficient (Wildman–Crippen LogP) is 6.47. The van der Waals surface area contributed by atoms with Gasteiger partial charge in [-0.3, -0.25) is 4.79 Å². The number of ketones is 1. The van der Waals surface area contributed by atoms with Crippen molar-refractivity contribution in [2.24, 2.45) is 5.92 Å². The topological polar surface area (TPSA) is 83.0 Å². The van der Waals surface area contributed by atoms with Crippen LogP contribution in [0.4, 0.5) is 17.6 Å². The summed E-state index contributed by atoms with van der Waals surface area (Å²) >= 11 is 0. The number of ether oxygens (including phenoxy) is 1. The zero-order valence-electron chi connectivity index (χ0n) is 21.6. The van der Waals surface area contributed by atoms with Gasteiger partial charge in [-0.2, -0.15) is 13.2 Å². The average molecular weight is 559 g/mol. The minimum Gasteiger partial charge on any atom is -0.361 e. The Bertz CT molecular complexity index is 1270. The number of benzene rings is 1. The third-order valence-electron chi connectivity index (χ3n) is 6.40. The Morgan fingerprint density at radius 1 is 1.18 bits per heavy atom. The molecule has 1 aliphatic rings. The molecule has 0 saturated heterocycles. The van der Waals surface area contributed by atoms with Crippen LogP contribution in [0.1, 0.15) is 73.5 Å². The van der Waals surface area contributed by atoms with Crippen LogP contribution in [-0.4, -0.2) is 38.5 Å². The lowest BCUT2D eigenvalue weighted by molar-refractivity contribution is -0.188. The lowest BCUT2D eigenvalue weighted by atomic mass is 9.97. The van der Waals surface area contributed by atoms with Crippen LogP contribution in [0.5, 0.6) is 0 Å². The average Bonchev–Trinajstić information content (AvgIpc) is 3.39. The first-order valence-corrected chi connectivity index (χ1v) is 12.3. The molecule has 1 aromatic carbocycles. The summed E-state index contributed by atoms with van der Waals surface area (Å²) in [6, 6.07) is 4.53. The van der Waals surface area contributed by atoms with Crippen molar-refractivity contribution in [1.82, 2.24) is 19.9 Å². The summed E-state index contributed by atoms with van der Waals surface area (Å²) in [5.41, 5.74) is 2.10. The number of hydrogen-bond donors (Lipinski definition) is 0. The van der Waals surface area contributed by atoms with Gasteiger partial charge in [0.2, 0.25) is 0 Å². The molecular formula is C26H31ClF4N4O3. The fraction of sp³-hybridized carbons (Fsp3) is 0.538. The lowest BCUT2D eigenvalue weighted by Crippen LogP contribution is -2.23. The summed E-state index contributed by atoms with van der Waals surface area (Å²) in [6.45, 7) is 5.88. The lowest BCUT2D eigenvalue weighted by Gasteiger charge is -2.19. The standard InChI is InChI=1S/C26H30F4N4O3.ClH/c1-14(2)9-20-12-22(33-37-20)24-31-32-25(34(24)18-6-7-18)23(36-13-26(28,29)30)11-19(35)10-17-5-8-21(27)16(4)15(17)3;/h5,8,12,14,18,23H,6-7,9-11,13H2,1-4H3;1H/t23-;/m0./s1. The summed E-state index contributed by atoms with van der Waals surface area (Å²) in [6.07, 6.45) is -3.99. The Hall–Kier alpha value is -2.79. The Balaban J connectivity index is 0.00000400. The number of rotatable bonds is 11. The molecule has 208 valence electrons. The molecule has 0 bridgehead atoms. The molecule has 1 fully saturated rings. The van der Waals surface area contributed by atoms with Gasteiger partial charge in [-0.1, -0.05) is 25.1 Å². The normalized spacial score (nSPS) is 14.6. The van der Waals surface area contributed by atoms with Crippen molar-refractivity contribution < 1.29 is 31.6 Å². The minimum atomic E-state index is -4.59. The molecule has 12 heteroatoms. The molecule has 2 heterocycles. The van der Waals surface area contributed by atoms with Gasteiger partial charge in [0, 0.05) is 31.4 Å². The maximum absolute atomic E-state index is 13.8. The fourth-order valence-corrected chi connectivity index (χ4v) is 4.25. The van der Waals surface area contributed by atoms with E-state index in [1.807, 2.05) is 13.8 Å². The first kappa shape index (κ1) is 29.8. The predicted molar refractivity (Wildman–Crippen MR) is 134 cm³/mol. The summed E-state index contributed by atoms with van der Waals surface area (Å²) in [7, 11) is 0. The Labute approximate surface area is 224 Å². The van der Waals surface area contributed by atoms with Crippen molar-refractivity contribution in [1.29, 1.82) is 0 Å². The molecule has 0 spiro atoms. The van der Waals surface area contributed by atoms with Crippen molar-refractivity contribution in [3.05, 3.63) is 52.3 Å². The highest BCUT2D eigenvalue weighted by Gasteiger charge is 2.37. The highest BCUT2D eigenvalue weighted by atomic mass is 35.5. The number of alkyl halides is 3. The van der Waals surface area contributed by atoms with Gasteiger partial charge in [0.1, 0.15) is 30.1 Å². The monoisotopic (exact) mass is 558 g/mol. The van der Waals surface area contributed by atoms with Gasteiger partial charge in [0.05, 0.1) is 0 Å². The summed E-state index contributed by atoms with van der Waals surface area (Å²) in [4.78, 5) is 13.0. The van der Waals surface area contributed by atoms with Crippen LogP contribution in [0.2, 0.25) is 0 Å². The Kier molecular flexibility index (Phi) is 9.35. The molecule has 0 N–H and O–H groups in total. The van der Waals surface area contributed by atoms with E-state index in [1.54, 1.807) is 24.5 Å². The molecule has 1 aliphatic carbocycles. The van der Waals surface area contributed by atoms with Crippen LogP contribution in [0.3, 0.4) is 0 Å². The summed E-state index contributed by atoms with van der Waals surface area (Å²) in [5, 5.41) is 12.5. The van der Waals surface area contributed by atoms with Gasteiger partial charge in [0.15, 0.2) is 17.3 Å². The van der Waals surface area contributed by atoms with Gasteiger partial charge in [0.25, 0.3) is 0 Å². The van der Waals surface area contributed by atoms with E-state index >= 15 is 0 Å². The molecule has 7 nitrogen and oxygen atoms in total. The van der Waals surface area contributed by atoms with E-state index in [-0.39, 0.29) is 48.7 Å². The minimum absolute atomic E-state index is 0. The largest absolute Gasteiger partial charge is 0.411 e. The van der Waals surface area contributed by atoms with Crippen molar-refractivity contribution in [3.63, 3.8) is 0 Å². The van der Waals surface area contributed by atoms with E-state index in [9.17, 15) is 22.4 Å². The number of halogens is 5. The Morgan fingerprint density at radius 2 is 1.89 bits per heavy atom. The molecule has 0 unspecified atom stereocenters. The molecule has 4 rings (SSSR count). The molecule has 0 aliphatic heterocycles. The highest BCUT2D eigenvalue weighted by molar-refractivity contribution is 5.85. The molecule has 0 radical (unpaired) electrons. The molecular weight excluding hydrogens is 528 g/mol. The van der Waals surface area contributed by atoms with E-state index in [0.717, 1.165) is 12.8 Å². The zero-order chi connectivity index (χ0) is 26.9. The zero-order valence-corrected chi connectivity index (χ0v) is 22.5. The van der Waals surface area contributed by atoms with Crippen LogP contribution < -0.4 is 0 Å². The first-order valence-electron chi connectivity index (χ1n) is 12.3. The summed E-state index contributed by atoms with van der Waals surface area (Å²) in [5.74, 6) is 0.799. The molecule has 3 aromatic rings. The summed E-state index contributed by atoms with van der Waals surface area (Å²) < 4.78 is 65.5. The fourth-order valence-electron chi connectivity index (χ4n) is 4.25. The SMILES string of the molecule is Cc1c(F)ccc(CC(=O)C[C@H](OCC(F)(F)F)c2nnc(-c3cc(CC(C)C)on3)n2C2CC2)c1C.Cl. The third kappa shape index (κ3) is 7.19. The van der Waals surface area contributed by atoms with E-state index in [0.29, 0.717) is 46.3 Å². The van der Waals surface area contributed by atoms with E-state index in [2.05, 4.69) is 15.4 Å². The number of nitrogens with zero attached hydrogens (tertiary/aromatic N) is 4. The van der Waals surface area contributed by atoms with E-state index in [1.165, 1.54) is 12.1 Å². The van der Waals surface area contributed by atoms with Crippen molar-refractivity contribution in [2.45, 2.75) is 78.1 Å². The molecule has 38 heavy (non-hydrogen) atoms. The Morgan fingerprint density at radius 3 is 2.53 bits per heavy atom. The second-order valence-electron chi connectivity index (χ2n) is 10.1. The van der Waals surface area contributed by atoms with E-state index in [4.69, 9.17) is 9.26 Å². The number of Topliss-reactive ketones (excluding diaryl/α,β-unsaturated/α-hetero) is 1. The van der Waals surface area contributed by atoms with Crippen LogP contribution in [-0.2, 0) is 22.4 Å². The smallest absolute Gasteiger partial charge is 0.361 e. The van der Waals surface area contributed by atoms with Crippen LogP contribution in [0, 0.1) is 25.6 Å². The van der Waals surface area contributed by atoms with Gasteiger partial charge in [-0.15, -0.1) is 22.6 Å². The second-order valence-corrected chi connectivity index (χ2v) is 10.1. The molecule has 1 saturated carbocycles. The van der Waals surface area contributed by atoms with Crippen molar-refractivity contribution in [2.75, 3.05) is 6.61 Å². The number of carbonyl (C=O) groups excluding carboxylic acids is 1.